The lowest BCUT2D eigenvalue weighted by molar-refractivity contribution is -0.180. The van der Waals surface area contributed by atoms with Crippen LogP contribution in [-0.4, -0.2) is 17.0 Å². The first-order valence-electron chi connectivity index (χ1n) is 5.87. The zero-order valence-corrected chi connectivity index (χ0v) is 11.1. The number of benzene rings is 1. The van der Waals surface area contributed by atoms with Gasteiger partial charge in [-0.05, 0) is 18.2 Å². The minimum atomic E-state index is -1.78. The molecule has 0 saturated carbocycles. The van der Waals surface area contributed by atoms with Crippen molar-refractivity contribution < 1.29 is 24.1 Å². The standard InChI is InChI=1S/C13H17NO5/c1-12(2)17-7-8-6-9(4-5-10(8)18-12)13(3,16)19-11(14)15/h4-6,16H,7H2,1-3H3,(H2,14,15). The first-order valence-corrected chi connectivity index (χ1v) is 5.87. The van der Waals surface area contributed by atoms with Crippen LogP contribution in [0.1, 0.15) is 31.9 Å². The summed E-state index contributed by atoms with van der Waals surface area (Å²) in [5, 5.41) is 10.1. The second-order valence-corrected chi connectivity index (χ2v) is 5.02. The highest BCUT2D eigenvalue weighted by Crippen LogP contribution is 2.34. The fourth-order valence-corrected chi connectivity index (χ4v) is 1.88. The van der Waals surface area contributed by atoms with Crippen LogP contribution in [0.4, 0.5) is 4.79 Å². The molecule has 1 amide bonds. The molecule has 1 atom stereocenters. The molecule has 3 N–H and O–H groups in total. The van der Waals surface area contributed by atoms with Gasteiger partial charge in [0.15, 0.2) is 0 Å². The van der Waals surface area contributed by atoms with Gasteiger partial charge in [0.1, 0.15) is 5.75 Å². The summed E-state index contributed by atoms with van der Waals surface area (Å²) in [6, 6.07) is 4.98. The summed E-state index contributed by atoms with van der Waals surface area (Å²) in [5.74, 6) is -1.79. The van der Waals surface area contributed by atoms with Gasteiger partial charge in [-0.15, -0.1) is 0 Å². The Hall–Kier alpha value is -1.79. The van der Waals surface area contributed by atoms with Crippen molar-refractivity contribution >= 4 is 6.09 Å². The van der Waals surface area contributed by atoms with Crippen LogP contribution < -0.4 is 10.5 Å². The van der Waals surface area contributed by atoms with Crippen LogP contribution in [0, 0.1) is 0 Å². The second-order valence-electron chi connectivity index (χ2n) is 5.02. The zero-order chi connectivity index (χ0) is 14.3. The molecular formula is C13H17NO5. The summed E-state index contributed by atoms with van der Waals surface area (Å²) < 4.78 is 15.8. The van der Waals surface area contributed by atoms with E-state index in [9.17, 15) is 9.90 Å². The molecule has 0 radical (unpaired) electrons. The topological polar surface area (TPSA) is 91.0 Å². The Balaban J connectivity index is 2.30. The first kappa shape index (κ1) is 13.6. The lowest BCUT2D eigenvalue weighted by Crippen LogP contribution is -2.36. The predicted octanol–water partition coefficient (Wildman–Crippen LogP) is 1.59. The molecule has 6 nitrogen and oxygen atoms in total. The van der Waals surface area contributed by atoms with Gasteiger partial charge in [0.05, 0.1) is 6.61 Å². The molecule has 0 spiro atoms. The first-order chi connectivity index (χ1) is 8.70. The fourth-order valence-electron chi connectivity index (χ4n) is 1.88. The maximum absolute atomic E-state index is 10.8. The Morgan fingerprint density at radius 3 is 2.84 bits per heavy atom. The van der Waals surface area contributed by atoms with E-state index in [0.29, 0.717) is 17.9 Å². The van der Waals surface area contributed by atoms with E-state index in [2.05, 4.69) is 4.74 Å². The Bertz CT molecular complexity index is 510. The van der Waals surface area contributed by atoms with E-state index >= 15 is 0 Å². The van der Waals surface area contributed by atoms with E-state index in [1.165, 1.54) is 6.92 Å². The van der Waals surface area contributed by atoms with Crippen molar-refractivity contribution in [3.63, 3.8) is 0 Å². The number of ether oxygens (including phenoxy) is 3. The van der Waals surface area contributed by atoms with Crippen LogP contribution in [0.15, 0.2) is 18.2 Å². The molecule has 1 aromatic carbocycles. The summed E-state index contributed by atoms with van der Waals surface area (Å²) >= 11 is 0. The van der Waals surface area contributed by atoms with Gasteiger partial charge in [0, 0.05) is 31.9 Å². The molecule has 1 aliphatic heterocycles. The van der Waals surface area contributed by atoms with Gasteiger partial charge in [0.25, 0.3) is 0 Å². The molecule has 1 unspecified atom stereocenters. The molecule has 0 aliphatic carbocycles. The monoisotopic (exact) mass is 267 g/mol. The summed E-state index contributed by atoms with van der Waals surface area (Å²) in [7, 11) is 0. The Labute approximate surface area is 111 Å². The van der Waals surface area contributed by atoms with E-state index in [1.54, 1.807) is 18.2 Å². The molecule has 19 heavy (non-hydrogen) atoms. The third kappa shape index (κ3) is 2.97. The van der Waals surface area contributed by atoms with E-state index in [1.807, 2.05) is 13.8 Å². The van der Waals surface area contributed by atoms with Crippen LogP contribution >= 0.6 is 0 Å². The highest BCUT2D eigenvalue weighted by Gasteiger charge is 2.31. The third-order valence-electron chi connectivity index (χ3n) is 2.83. The molecule has 104 valence electrons. The van der Waals surface area contributed by atoms with Crippen LogP contribution in [-0.2, 0) is 21.9 Å². The van der Waals surface area contributed by atoms with Gasteiger partial charge < -0.3 is 25.1 Å². The van der Waals surface area contributed by atoms with Crippen molar-refractivity contribution in [2.45, 2.75) is 39.0 Å². The number of amides is 1. The Morgan fingerprint density at radius 2 is 2.21 bits per heavy atom. The highest BCUT2D eigenvalue weighted by molar-refractivity contribution is 5.65. The Kier molecular flexibility index (Phi) is 3.15. The lowest BCUT2D eigenvalue weighted by atomic mass is 10.0. The number of carbonyl (C=O) groups is 1. The molecule has 2 rings (SSSR count). The Morgan fingerprint density at radius 1 is 1.53 bits per heavy atom. The number of hydrogen-bond acceptors (Lipinski definition) is 5. The van der Waals surface area contributed by atoms with Crippen LogP contribution in [0.25, 0.3) is 0 Å². The number of fused-ring (bicyclic) bond motifs is 1. The van der Waals surface area contributed by atoms with Gasteiger partial charge >= 0.3 is 6.09 Å². The number of carbonyl (C=O) groups excluding carboxylic acids is 1. The summed E-state index contributed by atoms with van der Waals surface area (Å²) in [6.45, 7) is 5.32. The molecule has 0 saturated heterocycles. The van der Waals surface area contributed by atoms with Crippen molar-refractivity contribution in [3.8, 4) is 5.75 Å². The average molecular weight is 267 g/mol. The number of aliphatic hydroxyl groups is 1. The predicted molar refractivity (Wildman–Crippen MR) is 66.2 cm³/mol. The van der Waals surface area contributed by atoms with Gasteiger partial charge in [-0.25, -0.2) is 4.79 Å². The molecule has 1 aliphatic rings. The number of hydrogen-bond donors (Lipinski definition) is 2. The average Bonchev–Trinajstić information content (AvgIpc) is 2.25. The molecule has 0 aromatic heterocycles. The maximum atomic E-state index is 10.8. The maximum Gasteiger partial charge on any atom is 0.407 e. The van der Waals surface area contributed by atoms with Crippen LogP contribution in [0.3, 0.4) is 0 Å². The molecular weight excluding hydrogens is 250 g/mol. The smallest absolute Gasteiger partial charge is 0.407 e. The van der Waals surface area contributed by atoms with Crippen LogP contribution in [0.2, 0.25) is 0 Å². The fraction of sp³-hybridized carbons (Fsp3) is 0.462. The number of primary amides is 1. The quantitative estimate of drug-likeness (QED) is 0.794. The van der Waals surface area contributed by atoms with E-state index in [0.717, 1.165) is 5.56 Å². The van der Waals surface area contributed by atoms with Crippen molar-refractivity contribution in [3.05, 3.63) is 29.3 Å². The molecule has 6 heteroatoms. The van der Waals surface area contributed by atoms with Gasteiger partial charge in [-0.1, -0.05) is 0 Å². The van der Waals surface area contributed by atoms with Crippen LogP contribution in [0.5, 0.6) is 5.75 Å². The SMILES string of the molecule is CC1(C)OCc2cc(C(C)(O)OC(N)=O)ccc2O1. The van der Waals surface area contributed by atoms with E-state index in [-0.39, 0.29) is 0 Å². The summed E-state index contributed by atoms with van der Waals surface area (Å²) in [5.41, 5.74) is 6.09. The minimum absolute atomic E-state index is 0.350. The van der Waals surface area contributed by atoms with Crippen molar-refractivity contribution in [1.29, 1.82) is 0 Å². The van der Waals surface area contributed by atoms with E-state index in [4.69, 9.17) is 15.2 Å². The number of rotatable bonds is 2. The largest absolute Gasteiger partial charge is 0.463 e. The van der Waals surface area contributed by atoms with Crippen molar-refractivity contribution in [1.82, 2.24) is 0 Å². The minimum Gasteiger partial charge on any atom is -0.463 e. The summed E-state index contributed by atoms with van der Waals surface area (Å²) in [4.78, 5) is 10.8. The summed E-state index contributed by atoms with van der Waals surface area (Å²) in [6.07, 6.45) is -1.05. The zero-order valence-electron chi connectivity index (χ0n) is 11.1. The second kappa shape index (κ2) is 4.40. The molecule has 1 heterocycles. The molecule has 0 fully saturated rings. The van der Waals surface area contributed by atoms with Crippen molar-refractivity contribution in [2.24, 2.45) is 5.73 Å². The lowest BCUT2D eigenvalue weighted by Gasteiger charge is -2.33. The third-order valence-corrected chi connectivity index (χ3v) is 2.83. The van der Waals surface area contributed by atoms with E-state index < -0.39 is 17.7 Å². The van der Waals surface area contributed by atoms with Gasteiger partial charge in [-0.2, -0.15) is 0 Å². The van der Waals surface area contributed by atoms with Gasteiger partial charge in [-0.3, -0.25) is 0 Å². The van der Waals surface area contributed by atoms with Crippen molar-refractivity contribution in [2.75, 3.05) is 0 Å². The number of nitrogens with two attached hydrogens (primary N) is 1. The van der Waals surface area contributed by atoms with Gasteiger partial charge in [0.2, 0.25) is 11.6 Å². The molecule has 0 bridgehead atoms. The highest BCUT2D eigenvalue weighted by atomic mass is 16.7. The molecule has 1 aromatic rings. The normalized spacial score (nSPS) is 19.8.